The Balaban J connectivity index is 1.81. The van der Waals surface area contributed by atoms with Gasteiger partial charge in [-0.3, -0.25) is 4.79 Å². The molecule has 1 aromatic rings. The summed E-state index contributed by atoms with van der Waals surface area (Å²) in [5.41, 5.74) is 1.02. The number of carboxylic acid groups (broad SMARTS) is 1. The van der Waals surface area contributed by atoms with E-state index < -0.39 is 11.9 Å². The number of benzene rings is 1. The largest absolute Gasteiger partial charge is 0.493 e. The monoisotopic (exact) mass is 322 g/mol. The molecule has 0 radical (unpaired) electrons. The fraction of sp³-hybridized carbons (Fsp3) is 0.500. The average Bonchev–Trinajstić information content (AvgIpc) is 3.05. The Kier molecular flexibility index (Phi) is 5.67. The van der Waals surface area contributed by atoms with Crippen molar-refractivity contribution in [3.8, 4) is 11.5 Å². The Morgan fingerprint density at radius 1 is 1.30 bits per heavy atom. The van der Waals surface area contributed by atoms with Gasteiger partial charge in [0.2, 0.25) is 0 Å². The molecule has 2 N–H and O–H groups in total. The molecule has 2 rings (SSSR count). The highest BCUT2D eigenvalue weighted by atomic mass is 16.5. The van der Waals surface area contributed by atoms with Crippen molar-refractivity contribution in [3.05, 3.63) is 23.8 Å². The number of nitrogens with one attached hydrogen (secondary N) is 1. The number of ether oxygens (including phenoxy) is 2. The molecule has 1 aromatic carbocycles. The Bertz CT molecular complexity index is 576. The molecule has 23 heavy (non-hydrogen) atoms. The zero-order valence-electron chi connectivity index (χ0n) is 13.4. The van der Waals surface area contributed by atoms with E-state index in [2.05, 4.69) is 5.32 Å². The lowest BCUT2D eigenvalue weighted by molar-refractivity contribution is -0.141. The predicted octanol–water partition coefficient (Wildman–Crippen LogP) is 1.36. The van der Waals surface area contributed by atoms with Gasteiger partial charge >= 0.3 is 12.0 Å². The number of rotatable bonds is 6. The van der Waals surface area contributed by atoms with Gasteiger partial charge in [0.15, 0.2) is 11.5 Å². The van der Waals surface area contributed by atoms with Crippen LogP contribution in [-0.2, 0) is 11.2 Å². The molecular formula is C16H22N2O5. The minimum Gasteiger partial charge on any atom is -0.493 e. The van der Waals surface area contributed by atoms with Gasteiger partial charge in [-0.25, -0.2) is 4.79 Å². The van der Waals surface area contributed by atoms with Gasteiger partial charge in [-0.15, -0.1) is 0 Å². The predicted molar refractivity (Wildman–Crippen MR) is 84.0 cm³/mol. The molecule has 0 saturated carbocycles. The molecule has 1 aliphatic heterocycles. The second kappa shape index (κ2) is 7.71. The third-order valence-electron chi connectivity index (χ3n) is 3.96. The van der Waals surface area contributed by atoms with Crippen LogP contribution in [0.25, 0.3) is 0 Å². The van der Waals surface area contributed by atoms with E-state index in [0.29, 0.717) is 37.4 Å². The van der Waals surface area contributed by atoms with Gasteiger partial charge in [0, 0.05) is 19.6 Å². The summed E-state index contributed by atoms with van der Waals surface area (Å²) >= 11 is 0. The maximum atomic E-state index is 12.0. The molecule has 7 nitrogen and oxygen atoms in total. The number of nitrogens with zero attached hydrogens (tertiary/aromatic N) is 1. The van der Waals surface area contributed by atoms with E-state index in [1.165, 1.54) is 0 Å². The van der Waals surface area contributed by atoms with Crippen LogP contribution >= 0.6 is 0 Å². The molecular weight excluding hydrogens is 300 g/mol. The van der Waals surface area contributed by atoms with E-state index in [9.17, 15) is 9.59 Å². The quantitative estimate of drug-likeness (QED) is 0.826. The van der Waals surface area contributed by atoms with E-state index in [0.717, 1.165) is 5.56 Å². The first kappa shape index (κ1) is 16.9. The number of urea groups is 1. The molecule has 0 aliphatic carbocycles. The first-order valence-electron chi connectivity index (χ1n) is 7.51. The molecule has 1 saturated heterocycles. The smallest absolute Gasteiger partial charge is 0.317 e. The average molecular weight is 322 g/mol. The molecule has 126 valence electrons. The number of carbonyl (C=O) groups excluding carboxylic acids is 1. The molecule has 2 amide bonds. The minimum atomic E-state index is -0.842. The van der Waals surface area contributed by atoms with Crippen LogP contribution in [0.5, 0.6) is 11.5 Å². The van der Waals surface area contributed by atoms with Gasteiger partial charge in [-0.05, 0) is 30.5 Å². The van der Waals surface area contributed by atoms with Crippen LogP contribution in [0, 0.1) is 5.92 Å². The van der Waals surface area contributed by atoms with Crippen LogP contribution in [0.2, 0.25) is 0 Å². The third kappa shape index (κ3) is 4.28. The van der Waals surface area contributed by atoms with E-state index in [1.807, 2.05) is 18.2 Å². The van der Waals surface area contributed by atoms with Gasteiger partial charge in [-0.1, -0.05) is 6.07 Å². The summed E-state index contributed by atoms with van der Waals surface area (Å²) < 4.78 is 10.4. The summed E-state index contributed by atoms with van der Waals surface area (Å²) in [6.45, 7) is 1.24. The summed E-state index contributed by atoms with van der Waals surface area (Å²) in [5.74, 6) is 0.0226. The lowest BCUT2D eigenvalue weighted by atomic mass is 10.1. The Morgan fingerprint density at radius 2 is 2.04 bits per heavy atom. The van der Waals surface area contributed by atoms with Gasteiger partial charge < -0.3 is 24.8 Å². The lowest BCUT2D eigenvalue weighted by Crippen LogP contribution is -2.39. The topological polar surface area (TPSA) is 88.1 Å². The number of carbonyl (C=O) groups is 2. The SMILES string of the molecule is COc1ccc(CCNC(=O)N2CCC(C(=O)O)C2)cc1OC. The molecule has 1 fully saturated rings. The molecule has 1 heterocycles. The van der Waals surface area contributed by atoms with Crippen LogP contribution in [-0.4, -0.2) is 55.9 Å². The van der Waals surface area contributed by atoms with Gasteiger partial charge in [0.25, 0.3) is 0 Å². The van der Waals surface area contributed by atoms with Gasteiger partial charge in [-0.2, -0.15) is 0 Å². The number of amides is 2. The first-order chi connectivity index (χ1) is 11.0. The van der Waals surface area contributed by atoms with E-state index in [-0.39, 0.29) is 12.6 Å². The second-order valence-corrected chi connectivity index (χ2v) is 5.44. The Morgan fingerprint density at radius 3 is 2.65 bits per heavy atom. The molecule has 0 aromatic heterocycles. The highest BCUT2D eigenvalue weighted by Crippen LogP contribution is 2.27. The normalized spacial score (nSPS) is 17.0. The van der Waals surface area contributed by atoms with Crippen molar-refractivity contribution in [1.82, 2.24) is 10.2 Å². The molecule has 0 bridgehead atoms. The van der Waals surface area contributed by atoms with Crippen molar-refractivity contribution in [3.63, 3.8) is 0 Å². The summed E-state index contributed by atoms with van der Waals surface area (Å²) in [4.78, 5) is 24.5. The molecule has 1 aliphatic rings. The molecule has 1 atom stereocenters. The summed E-state index contributed by atoms with van der Waals surface area (Å²) in [7, 11) is 3.16. The lowest BCUT2D eigenvalue weighted by Gasteiger charge is -2.17. The standard InChI is InChI=1S/C16H22N2O5/c1-22-13-4-3-11(9-14(13)23-2)5-7-17-16(21)18-8-6-12(10-18)15(19)20/h3-4,9,12H,5-8,10H2,1-2H3,(H,17,21)(H,19,20). The summed E-state index contributed by atoms with van der Waals surface area (Å²) in [6, 6.07) is 5.41. The summed E-state index contributed by atoms with van der Waals surface area (Å²) in [5, 5.41) is 11.8. The van der Waals surface area contributed by atoms with Crippen LogP contribution in [0.4, 0.5) is 4.79 Å². The number of methoxy groups -OCH3 is 2. The molecule has 0 spiro atoms. The maximum absolute atomic E-state index is 12.0. The highest BCUT2D eigenvalue weighted by molar-refractivity contribution is 5.77. The van der Waals surface area contributed by atoms with E-state index >= 15 is 0 Å². The zero-order valence-corrected chi connectivity index (χ0v) is 13.4. The fourth-order valence-corrected chi connectivity index (χ4v) is 2.61. The van der Waals surface area contributed by atoms with Crippen molar-refractivity contribution < 1.29 is 24.2 Å². The highest BCUT2D eigenvalue weighted by Gasteiger charge is 2.30. The number of carboxylic acids is 1. The number of hydrogen-bond donors (Lipinski definition) is 2. The maximum Gasteiger partial charge on any atom is 0.317 e. The van der Waals surface area contributed by atoms with Gasteiger partial charge in [0.1, 0.15) is 0 Å². The van der Waals surface area contributed by atoms with E-state index in [4.69, 9.17) is 14.6 Å². The van der Waals surface area contributed by atoms with Crippen molar-refractivity contribution in [1.29, 1.82) is 0 Å². The second-order valence-electron chi connectivity index (χ2n) is 5.44. The number of aliphatic carboxylic acids is 1. The number of likely N-dealkylation sites (tertiary alicyclic amines) is 1. The van der Waals surface area contributed by atoms with Crippen molar-refractivity contribution in [2.24, 2.45) is 5.92 Å². The van der Waals surface area contributed by atoms with Crippen LogP contribution < -0.4 is 14.8 Å². The Hall–Kier alpha value is -2.44. The van der Waals surface area contributed by atoms with Crippen LogP contribution in [0.1, 0.15) is 12.0 Å². The van der Waals surface area contributed by atoms with Crippen molar-refractivity contribution >= 4 is 12.0 Å². The van der Waals surface area contributed by atoms with Gasteiger partial charge in [0.05, 0.1) is 20.1 Å². The Labute approximate surface area is 135 Å². The zero-order chi connectivity index (χ0) is 16.8. The first-order valence-corrected chi connectivity index (χ1v) is 7.51. The minimum absolute atomic E-state index is 0.214. The third-order valence-corrected chi connectivity index (χ3v) is 3.96. The van der Waals surface area contributed by atoms with Crippen LogP contribution in [0.15, 0.2) is 18.2 Å². The fourth-order valence-electron chi connectivity index (χ4n) is 2.61. The summed E-state index contributed by atoms with van der Waals surface area (Å²) in [6.07, 6.45) is 1.17. The van der Waals surface area contributed by atoms with Crippen molar-refractivity contribution in [2.75, 3.05) is 33.9 Å². The molecule has 7 heteroatoms. The molecule has 1 unspecified atom stereocenters. The van der Waals surface area contributed by atoms with E-state index in [1.54, 1.807) is 19.1 Å². The van der Waals surface area contributed by atoms with Crippen molar-refractivity contribution in [2.45, 2.75) is 12.8 Å². The number of hydrogen-bond acceptors (Lipinski definition) is 4. The van der Waals surface area contributed by atoms with Crippen LogP contribution in [0.3, 0.4) is 0 Å².